The van der Waals surface area contributed by atoms with E-state index >= 15 is 0 Å². The molecule has 2 saturated heterocycles. The molecule has 4 amide bonds. The number of fused-ring (bicyclic) bond motifs is 1. The molecule has 6 heteroatoms. The van der Waals surface area contributed by atoms with E-state index < -0.39 is 0 Å². The Morgan fingerprint density at radius 1 is 1.06 bits per heavy atom. The molecular formula is C10H14N4O2. The van der Waals surface area contributed by atoms with E-state index in [0.717, 1.165) is 0 Å². The molecule has 0 aromatic rings. The molecule has 0 aromatic carbocycles. The highest BCUT2D eigenvalue weighted by Gasteiger charge is 2.49. The van der Waals surface area contributed by atoms with E-state index in [-0.39, 0.29) is 24.4 Å². The molecule has 0 atom stereocenters. The molecule has 6 nitrogen and oxygen atoms in total. The number of rotatable bonds is 4. The van der Waals surface area contributed by atoms with Gasteiger partial charge in [0.1, 0.15) is 12.3 Å². The van der Waals surface area contributed by atoms with Gasteiger partial charge in [0, 0.05) is 13.1 Å². The van der Waals surface area contributed by atoms with Crippen LogP contribution in [-0.2, 0) is 0 Å². The van der Waals surface area contributed by atoms with Crippen LogP contribution in [-0.4, -0.2) is 47.3 Å². The molecule has 2 rings (SSSR count). The van der Waals surface area contributed by atoms with Gasteiger partial charge in [-0.05, 0) is 0 Å². The summed E-state index contributed by atoms with van der Waals surface area (Å²) in [4.78, 5) is 26.3. The van der Waals surface area contributed by atoms with Crippen molar-refractivity contribution >= 4 is 12.1 Å². The number of carbonyl (C=O) groups is 2. The third-order valence-electron chi connectivity index (χ3n) is 2.67. The maximum absolute atomic E-state index is 11.6. The molecule has 0 radical (unpaired) electrons. The minimum Gasteiger partial charge on any atom is -0.314 e. The van der Waals surface area contributed by atoms with Gasteiger partial charge in [0.25, 0.3) is 0 Å². The lowest BCUT2D eigenvalue weighted by atomic mass is 10.3. The average Bonchev–Trinajstić information content (AvgIpc) is 2.68. The highest BCUT2D eigenvalue weighted by atomic mass is 16.2. The summed E-state index contributed by atoms with van der Waals surface area (Å²) in [5, 5.41) is 5.40. The van der Waals surface area contributed by atoms with Crippen LogP contribution >= 0.6 is 0 Å². The number of amides is 4. The van der Waals surface area contributed by atoms with Gasteiger partial charge in [-0.15, -0.1) is 13.2 Å². The van der Waals surface area contributed by atoms with Gasteiger partial charge in [-0.2, -0.15) is 0 Å². The maximum atomic E-state index is 11.6. The zero-order valence-corrected chi connectivity index (χ0v) is 8.85. The summed E-state index contributed by atoms with van der Waals surface area (Å²) in [6.45, 7) is 8.02. The average molecular weight is 222 g/mol. The zero-order valence-electron chi connectivity index (χ0n) is 8.85. The number of hydrogen-bond acceptors (Lipinski definition) is 2. The van der Waals surface area contributed by atoms with E-state index in [1.54, 1.807) is 22.0 Å². The van der Waals surface area contributed by atoms with Crippen LogP contribution in [0.3, 0.4) is 0 Å². The molecule has 2 N–H and O–H groups in total. The van der Waals surface area contributed by atoms with Gasteiger partial charge in [0.2, 0.25) is 0 Å². The SMILES string of the molecule is C=CCN1C(=O)NC2NC(=O)N(CC=C)C21. The predicted octanol–water partition coefficient (Wildman–Crippen LogP) is 0.0610. The number of urea groups is 2. The Labute approximate surface area is 93.6 Å². The van der Waals surface area contributed by atoms with Crippen LogP contribution in [0.1, 0.15) is 0 Å². The van der Waals surface area contributed by atoms with Crippen LogP contribution in [0.2, 0.25) is 0 Å². The molecule has 0 saturated carbocycles. The summed E-state index contributed by atoms with van der Waals surface area (Å²) in [6, 6.07) is -0.382. The molecule has 2 aliphatic heterocycles. The van der Waals surface area contributed by atoms with E-state index in [0.29, 0.717) is 13.1 Å². The number of carbonyl (C=O) groups excluding carboxylic acids is 2. The van der Waals surface area contributed by atoms with Crippen molar-refractivity contribution in [3.05, 3.63) is 25.3 Å². The van der Waals surface area contributed by atoms with Gasteiger partial charge in [-0.3, -0.25) is 9.80 Å². The van der Waals surface area contributed by atoms with Crippen LogP contribution in [0, 0.1) is 0 Å². The van der Waals surface area contributed by atoms with E-state index in [1.165, 1.54) is 0 Å². The van der Waals surface area contributed by atoms with E-state index in [9.17, 15) is 9.59 Å². The Hall–Kier alpha value is -1.98. The van der Waals surface area contributed by atoms with Crippen molar-refractivity contribution in [3.63, 3.8) is 0 Å². The summed E-state index contributed by atoms with van der Waals surface area (Å²) < 4.78 is 0. The van der Waals surface area contributed by atoms with E-state index in [1.807, 2.05) is 0 Å². The van der Waals surface area contributed by atoms with Crippen LogP contribution in [0.5, 0.6) is 0 Å². The molecule has 0 unspecified atom stereocenters. The van der Waals surface area contributed by atoms with Gasteiger partial charge in [0.15, 0.2) is 0 Å². The minimum atomic E-state index is -0.347. The highest BCUT2D eigenvalue weighted by Crippen LogP contribution is 2.21. The van der Waals surface area contributed by atoms with Crippen LogP contribution < -0.4 is 10.6 Å². The van der Waals surface area contributed by atoms with Crippen molar-refractivity contribution < 1.29 is 9.59 Å². The first kappa shape index (κ1) is 10.5. The monoisotopic (exact) mass is 222 g/mol. The van der Waals surface area contributed by atoms with E-state index in [4.69, 9.17) is 0 Å². The van der Waals surface area contributed by atoms with Crippen molar-refractivity contribution in [1.82, 2.24) is 20.4 Å². The second kappa shape index (κ2) is 3.88. The summed E-state index contributed by atoms with van der Waals surface area (Å²) in [7, 11) is 0. The summed E-state index contributed by atoms with van der Waals surface area (Å²) >= 11 is 0. The smallest absolute Gasteiger partial charge is 0.314 e. The van der Waals surface area contributed by atoms with Crippen LogP contribution in [0.4, 0.5) is 9.59 Å². The Morgan fingerprint density at radius 2 is 1.50 bits per heavy atom. The van der Waals surface area contributed by atoms with Crippen LogP contribution in [0.25, 0.3) is 0 Å². The van der Waals surface area contributed by atoms with Gasteiger partial charge in [-0.1, -0.05) is 12.2 Å². The van der Waals surface area contributed by atoms with Crippen molar-refractivity contribution in [2.75, 3.05) is 13.1 Å². The van der Waals surface area contributed by atoms with Crippen molar-refractivity contribution in [3.8, 4) is 0 Å². The number of nitrogens with one attached hydrogen (secondary N) is 2. The summed E-state index contributed by atoms with van der Waals surface area (Å²) in [5.74, 6) is 0. The zero-order chi connectivity index (χ0) is 11.7. The lowest BCUT2D eigenvalue weighted by Crippen LogP contribution is -2.46. The van der Waals surface area contributed by atoms with Gasteiger partial charge < -0.3 is 10.6 Å². The molecule has 2 heterocycles. The Morgan fingerprint density at radius 3 is 1.88 bits per heavy atom. The Kier molecular flexibility index (Phi) is 2.55. The van der Waals surface area contributed by atoms with Crippen molar-refractivity contribution in [1.29, 1.82) is 0 Å². The number of hydrogen-bond donors (Lipinski definition) is 2. The maximum Gasteiger partial charge on any atom is 0.321 e. The fraction of sp³-hybridized carbons (Fsp3) is 0.400. The largest absolute Gasteiger partial charge is 0.321 e. The summed E-state index contributed by atoms with van der Waals surface area (Å²) in [6.07, 6.45) is 2.63. The molecule has 0 aliphatic carbocycles. The number of nitrogens with zero attached hydrogens (tertiary/aromatic N) is 2. The molecule has 86 valence electrons. The first-order valence-corrected chi connectivity index (χ1v) is 5.05. The third kappa shape index (κ3) is 1.42. The standard InChI is InChI=1S/C10H14N4O2/c1-3-5-13-8-7(11-9(13)15)12-10(16)14(8)6-4-2/h3-4,7-8H,1-2,5-6H2,(H,11,15)(H,12,16). The molecule has 2 aliphatic rings. The van der Waals surface area contributed by atoms with Crippen molar-refractivity contribution in [2.24, 2.45) is 0 Å². The molecule has 16 heavy (non-hydrogen) atoms. The Balaban J connectivity index is 2.22. The molecular weight excluding hydrogens is 208 g/mol. The highest BCUT2D eigenvalue weighted by molar-refractivity contribution is 5.85. The fourth-order valence-electron chi connectivity index (χ4n) is 2.05. The van der Waals surface area contributed by atoms with Gasteiger partial charge in [0.05, 0.1) is 0 Å². The molecule has 0 spiro atoms. The fourth-order valence-corrected chi connectivity index (χ4v) is 2.05. The van der Waals surface area contributed by atoms with Crippen molar-refractivity contribution in [2.45, 2.75) is 12.3 Å². The molecule has 0 bridgehead atoms. The second-order valence-electron chi connectivity index (χ2n) is 3.67. The lowest BCUT2D eigenvalue weighted by molar-refractivity contribution is 0.144. The summed E-state index contributed by atoms with van der Waals surface area (Å²) in [5.41, 5.74) is 0. The minimum absolute atomic E-state index is 0.191. The Bertz CT molecular complexity index is 323. The van der Waals surface area contributed by atoms with Gasteiger partial charge >= 0.3 is 12.1 Å². The topological polar surface area (TPSA) is 64.7 Å². The molecule has 2 fully saturated rings. The third-order valence-corrected chi connectivity index (χ3v) is 2.67. The molecule has 0 aromatic heterocycles. The second-order valence-corrected chi connectivity index (χ2v) is 3.67. The normalized spacial score (nSPS) is 27.5. The lowest BCUT2D eigenvalue weighted by Gasteiger charge is -2.27. The van der Waals surface area contributed by atoms with Gasteiger partial charge in [-0.25, -0.2) is 9.59 Å². The van der Waals surface area contributed by atoms with Crippen LogP contribution in [0.15, 0.2) is 25.3 Å². The predicted molar refractivity (Wildman–Crippen MR) is 58.4 cm³/mol. The quantitative estimate of drug-likeness (QED) is 0.661. The van der Waals surface area contributed by atoms with E-state index in [2.05, 4.69) is 23.8 Å². The first-order valence-electron chi connectivity index (χ1n) is 5.05. The first-order chi connectivity index (χ1) is 7.69.